The summed E-state index contributed by atoms with van der Waals surface area (Å²) < 4.78 is 24.4. The predicted octanol–water partition coefficient (Wildman–Crippen LogP) is 3.40. The van der Waals surface area contributed by atoms with Crippen LogP contribution in [-0.2, 0) is 11.2 Å². The molecule has 0 bridgehead atoms. The second kappa shape index (κ2) is 7.26. The summed E-state index contributed by atoms with van der Waals surface area (Å²) in [6.45, 7) is 1.08. The van der Waals surface area contributed by atoms with Gasteiger partial charge < -0.3 is 14.4 Å². The molecule has 0 N–H and O–H groups in total. The second-order valence-corrected chi connectivity index (χ2v) is 7.43. The number of hydrogen-bond acceptors (Lipinski definition) is 4. The van der Waals surface area contributed by atoms with Crippen LogP contribution in [0.4, 0.5) is 4.39 Å². The maximum absolute atomic E-state index is 13.0. The third-order valence-corrected chi connectivity index (χ3v) is 5.59. The zero-order valence-electron chi connectivity index (χ0n) is 15.7. The number of halogens is 1. The van der Waals surface area contributed by atoms with E-state index in [2.05, 4.69) is 0 Å². The molecule has 0 saturated carbocycles. The third-order valence-electron chi connectivity index (χ3n) is 5.59. The molecule has 146 valence electrons. The Labute approximate surface area is 163 Å². The molecule has 1 fully saturated rings. The molecule has 1 spiro atoms. The molecule has 28 heavy (non-hydrogen) atoms. The number of hydrogen-bond donors (Lipinski definition) is 0. The van der Waals surface area contributed by atoms with E-state index in [0.29, 0.717) is 49.4 Å². The van der Waals surface area contributed by atoms with E-state index in [1.165, 1.54) is 12.1 Å². The van der Waals surface area contributed by atoms with Gasteiger partial charge in [0.1, 0.15) is 22.9 Å². The molecule has 2 aromatic carbocycles. The lowest BCUT2D eigenvalue weighted by Gasteiger charge is -2.44. The van der Waals surface area contributed by atoms with Crippen LogP contribution in [-0.4, -0.2) is 42.4 Å². The van der Waals surface area contributed by atoms with Gasteiger partial charge in [-0.1, -0.05) is 12.1 Å². The van der Waals surface area contributed by atoms with E-state index in [1.54, 1.807) is 42.3 Å². The minimum Gasteiger partial charge on any atom is -0.497 e. The molecule has 6 heteroatoms. The van der Waals surface area contributed by atoms with Gasteiger partial charge in [-0.25, -0.2) is 4.39 Å². The first kappa shape index (κ1) is 18.5. The van der Waals surface area contributed by atoms with E-state index < -0.39 is 5.60 Å². The van der Waals surface area contributed by atoms with Crippen LogP contribution in [0.2, 0.25) is 0 Å². The molecule has 4 rings (SSSR count). The Balaban J connectivity index is 1.41. The van der Waals surface area contributed by atoms with Crippen LogP contribution in [0.3, 0.4) is 0 Å². The fraction of sp³-hybridized carbons (Fsp3) is 0.364. The van der Waals surface area contributed by atoms with Gasteiger partial charge in [-0.2, -0.15) is 0 Å². The van der Waals surface area contributed by atoms with Crippen LogP contribution in [0.25, 0.3) is 0 Å². The quantitative estimate of drug-likeness (QED) is 0.815. The molecule has 1 saturated heterocycles. The zero-order chi connectivity index (χ0) is 19.7. The van der Waals surface area contributed by atoms with Gasteiger partial charge in [-0.05, 0) is 35.9 Å². The number of Topliss-reactive ketones (excluding diaryl/α,β-unsaturated/α-hetero) is 1. The van der Waals surface area contributed by atoms with Gasteiger partial charge in [0.25, 0.3) is 0 Å². The predicted molar refractivity (Wildman–Crippen MR) is 101 cm³/mol. The minimum absolute atomic E-state index is 0.00808. The zero-order valence-corrected chi connectivity index (χ0v) is 15.7. The summed E-state index contributed by atoms with van der Waals surface area (Å²) in [4.78, 5) is 27.0. The highest BCUT2D eigenvalue weighted by Gasteiger charge is 2.43. The highest BCUT2D eigenvalue weighted by atomic mass is 19.1. The Bertz CT molecular complexity index is 901. The van der Waals surface area contributed by atoms with Crippen molar-refractivity contribution >= 4 is 11.7 Å². The number of piperidine rings is 1. The molecule has 1 amide bonds. The standard InChI is InChI=1S/C22H22FNO4/c1-27-17-6-7-20-18(13-17)19(25)14-22(28-20)8-10-24(11-9-22)21(26)12-15-2-4-16(23)5-3-15/h2-7,13H,8-12,14H2,1H3. The van der Waals surface area contributed by atoms with E-state index in [-0.39, 0.29) is 23.9 Å². The van der Waals surface area contributed by atoms with Crippen LogP contribution >= 0.6 is 0 Å². The number of rotatable bonds is 3. The summed E-state index contributed by atoms with van der Waals surface area (Å²) in [5, 5.41) is 0. The largest absolute Gasteiger partial charge is 0.497 e. The Morgan fingerprint density at radius 3 is 2.57 bits per heavy atom. The van der Waals surface area contributed by atoms with Crippen molar-refractivity contribution in [3.05, 3.63) is 59.4 Å². The number of carbonyl (C=O) groups is 2. The SMILES string of the molecule is COc1ccc2c(c1)C(=O)CC1(CCN(C(=O)Cc3ccc(F)cc3)CC1)O2. The van der Waals surface area contributed by atoms with Gasteiger partial charge in [0.2, 0.25) is 5.91 Å². The van der Waals surface area contributed by atoms with Crippen molar-refractivity contribution in [1.29, 1.82) is 0 Å². The average molecular weight is 383 g/mol. The molecule has 2 aromatic rings. The van der Waals surface area contributed by atoms with E-state index in [9.17, 15) is 14.0 Å². The second-order valence-electron chi connectivity index (χ2n) is 7.43. The molecular weight excluding hydrogens is 361 g/mol. The average Bonchev–Trinajstić information content (AvgIpc) is 2.70. The maximum atomic E-state index is 13.0. The van der Waals surface area contributed by atoms with Crippen LogP contribution in [0.1, 0.15) is 35.2 Å². The monoisotopic (exact) mass is 383 g/mol. The molecule has 2 heterocycles. The van der Waals surface area contributed by atoms with Crippen molar-refractivity contribution in [2.45, 2.75) is 31.3 Å². The van der Waals surface area contributed by atoms with Crippen LogP contribution in [0.15, 0.2) is 42.5 Å². The molecule has 0 atom stereocenters. The van der Waals surface area contributed by atoms with Gasteiger partial charge in [0, 0.05) is 25.9 Å². The molecule has 0 radical (unpaired) electrons. The van der Waals surface area contributed by atoms with Crippen molar-refractivity contribution in [2.75, 3.05) is 20.2 Å². The summed E-state index contributed by atoms with van der Waals surface area (Å²) in [6.07, 6.45) is 1.78. The van der Waals surface area contributed by atoms with Gasteiger partial charge in [-0.15, -0.1) is 0 Å². The van der Waals surface area contributed by atoms with Crippen molar-refractivity contribution in [3.8, 4) is 11.5 Å². The molecule has 0 aliphatic carbocycles. The number of ketones is 1. The Morgan fingerprint density at radius 2 is 1.89 bits per heavy atom. The lowest BCUT2D eigenvalue weighted by atomic mass is 9.82. The first-order chi connectivity index (χ1) is 13.5. The van der Waals surface area contributed by atoms with Crippen molar-refractivity contribution < 1.29 is 23.5 Å². The summed E-state index contributed by atoms with van der Waals surface area (Å²) in [7, 11) is 1.57. The van der Waals surface area contributed by atoms with E-state index in [4.69, 9.17) is 9.47 Å². The summed E-state index contributed by atoms with van der Waals surface area (Å²) in [5.41, 5.74) is 0.796. The number of benzene rings is 2. The molecule has 0 aromatic heterocycles. The third kappa shape index (κ3) is 3.59. The van der Waals surface area contributed by atoms with E-state index in [0.717, 1.165) is 5.56 Å². The van der Waals surface area contributed by atoms with Crippen molar-refractivity contribution in [1.82, 2.24) is 4.90 Å². The lowest BCUT2D eigenvalue weighted by Crippen LogP contribution is -2.52. The van der Waals surface area contributed by atoms with Gasteiger partial charge in [0.15, 0.2) is 5.78 Å². The van der Waals surface area contributed by atoms with Crippen LogP contribution < -0.4 is 9.47 Å². The Kier molecular flexibility index (Phi) is 4.79. The number of amides is 1. The van der Waals surface area contributed by atoms with Crippen molar-refractivity contribution in [3.63, 3.8) is 0 Å². The normalized spacial score (nSPS) is 17.8. The maximum Gasteiger partial charge on any atom is 0.226 e. The summed E-state index contributed by atoms with van der Waals surface area (Å²) in [6, 6.07) is 11.3. The van der Waals surface area contributed by atoms with E-state index in [1.807, 2.05) is 0 Å². The minimum atomic E-state index is -0.550. The van der Waals surface area contributed by atoms with Gasteiger partial charge >= 0.3 is 0 Å². The van der Waals surface area contributed by atoms with Crippen LogP contribution in [0, 0.1) is 5.82 Å². The lowest BCUT2D eigenvalue weighted by molar-refractivity contribution is -0.134. The molecular formula is C22H22FNO4. The summed E-state index contributed by atoms with van der Waals surface area (Å²) in [5.74, 6) is 0.962. The fourth-order valence-electron chi connectivity index (χ4n) is 3.93. The van der Waals surface area contributed by atoms with Crippen LogP contribution in [0.5, 0.6) is 11.5 Å². The molecule has 0 unspecified atom stereocenters. The highest BCUT2D eigenvalue weighted by molar-refractivity contribution is 6.00. The number of likely N-dealkylation sites (tertiary alicyclic amines) is 1. The first-order valence-electron chi connectivity index (χ1n) is 9.40. The molecule has 5 nitrogen and oxygen atoms in total. The smallest absolute Gasteiger partial charge is 0.226 e. The topological polar surface area (TPSA) is 55.8 Å². The van der Waals surface area contributed by atoms with E-state index >= 15 is 0 Å². The number of ether oxygens (including phenoxy) is 2. The number of carbonyl (C=O) groups excluding carboxylic acids is 2. The summed E-state index contributed by atoms with van der Waals surface area (Å²) >= 11 is 0. The number of methoxy groups -OCH3 is 1. The Morgan fingerprint density at radius 1 is 1.18 bits per heavy atom. The molecule has 2 aliphatic rings. The van der Waals surface area contributed by atoms with Gasteiger partial charge in [-0.3, -0.25) is 9.59 Å². The Hall–Kier alpha value is -2.89. The molecule has 2 aliphatic heterocycles. The van der Waals surface area contributed by atoms with Gasteiger partial charge in [0.05, 0.1) is 25.5 Å². The number of nitrogens with zero attached hydrogens (tertiary/aromatic N) is 1. The van der Waals surface area contributed by atoms with Crippen molar-refractivity contribution in [2.24, 2.45) is 0 Å². The first-order valence-corrected chi connectivity index (χ1v) is 9.40. The fourth-order valence-corrected chi connectivity index (χ4v) is 3.93. The number of fused-ring (bicyclic) bond motifs is 1. The highest BCUT2D eigenvalue weighted by Crippen LogP contribution is 2.40.